The molecule has 1 aromatic rings. The number of amides is 1. The van der Waals surface area contributed by atoms with Crippen molar-refractivity contribution in [3.05, 3.63) is 29.8 Å². The molecule has 130 valence electrons. The maximum Gasteiger partial charge on any atom is 0.321 e. The van der Waals surface area contributed by atoms with E-state index in [1.54, 1.807) is 19.9 Å². The van der Waals surface area contributed by atoms with Crippen molar-refractivity contribution in [1.29, 1.82) is 5.26 Å². The molecular formula is C15H19N3O5S. The molecule has 1 amide bonds. The third-order valence-electron chi connectivity index (χ3n) is 2.81. The Hall–Kier alpha value is -2.44. The Morgan fingerprint density at radius 1 is 1.25 bits per heavy atom. The lowest BCUT2D eigenvalue weighted by Gasteiger charge is -2.15. The van der Waals surface area contributed by atoms with E-state index in [0.29, 0.717) is 0 Å². The number of esters is 1. The topological polar surface area (TPSA) is 125 Å². The Morgan fingerprint density at radius 3 is 2.46 bits per heavy atom. The van der Waals surface area contributed by atoms with Gasteiger partial charge in [-0.1, -0.05) is 12.1 Å². The predicted octanol–water partition coefficient (Wildman–Crippen LogP) is 0.293. The number of nitriles is 1. The van der Waals surface area contributed by atoms with Gasteiger partial charge in [-0.2, -0.15) is 9.98 Å². The molecule has 1 rings (SSSR count). The summed E-state index contributed by atoms with van der Waals surface area (Å²) in [6, 6.07) is 7.26. The summed E-state index contributed by atoms with van der Waals surface area (Å²) in [5.41, 5.74) is -0.0388. The molecular weight excluding hydrogens is 334 g/mol. The molecule has 0 aliphatic heterocycles. The zero-order valence-electron chi connectivity index (χ0n) is 13.6. The van der Waals surface area contributed by atoms with Gasteiger partial charge in [-0.3, -0.25) is 9.59 Å². The number of sulfonamides is 1. The van der Waals surface area contributed by atoms with Crippen molar-refractivity contribution in [2.75, 3.05) is 6.54 Å². The van der Waals surface area contributed by atoms with Gasteiger partial charge in [-0.05, 0) is 32.9 Å². The zero-order chi connectivity index (χ0) is 18.3. The fourth-order valence-electron chi connectivity index (χ4n) is 1.72. The van der Waals surface area contributed by atoms with Crippen LogP contribution in [-0.4, -0.2) is 39.0 Å². The quantitative estimate of drug-likeness (QED) is 0.679. The van der Waals surface area contributed by atoms with Crippen molar-refractivity contribution in [2.24, 2.45) is 0 Å². The molecule has 0 fully saturated rings. The van der Waals surface area contributed by atoms with Gasteiger partial charge in [0.2, 0.25) is 10.0 Å². The van der Waals surface area contributed by atoms with Gasteiger partial charge in [-0.25, -0.2) is 8.42 Å². The predicted molar refractivity (Wildman–Crippen MR) is 85.2 cm³/mol. The summed E-state index contributed by atoms with van der Waals surface area (Å²) < 4.78 is 31.2. The van der Waals surface area contributed by atoms with E-state index in [0.717, 1.165) is 0 Å². The van der Waals surface area contributed by atoms with Crippen molar-refractivity contribution in [3.8, 4) is 6.07 Å². The highest BCUT2D eigenvalue weighted by molar-refractivity contribution is 7.89. The molecule has 0 heterocycles. The van der Waals surface area contributed by atoms with Gasteiger partial charge in [0.25, 0.3) is 5.91 Å². The van der Waals surface area contributed by atoms with E-state index in [1.165, 1.54) is 31.2 Å². The van der Waals surface area contributed by atoms with Crippen molar-refractivity contribution >= 4 is 21.9 Å². The van der Waals surface area contributed by atoms with Crippen molar-refractivity contribution in [1.82, 2.24) is 10.0 Å². The molecule has 24 heavy (non-hydrogen) atoms. The van der Waals surface area contributed by atoms with Crippen LogP contribution < -0.4 is 10.0 Å². The molecule has 0 aliphatic rings. The monoisotopic (exact) mass is 353 g/mol. The molecule has 0 bridgehead atoms. The van der Waals surface area contributed by atoms with E-state index in [4.69, 9.17) is 10.00 Å². The number of carbonyl (C=O) groups excluding carboxylic acids is 2. The highest BCUT2D eigenvalue weighted by Gasteiger charge is 2.22. The van der Waals surface area contributed by atoms with E-state index in [-0.39, 0.29) is 16.5 Å². The minimum atomic E-state index is -4.05. The summed E-state index contributed by atoms with van der Waals surface area (Å²) in [6.45, 7) is 4.25. The van der Waals surface area contributed by atoms with E-state index in [2.05, 4.69) is 5.32 Å². The fourth-order valence-corrected chi connectivity index (χ4v) is 2.84. The molecule has 0 aliphatic carbocycles. The van der Waals surface area contributed by atoms with Gasteiger partial charge in [0.05, 0.1) is 10.5 Å². The average molecular weight is 353 g/mol. The number of benzene rings is 1. The summed E-state index contributed by atoms with van der Waals surface area (Å²) in [4.78, 5) is 23.1. The van der Waals surface area contributed by atoms with Gasteiger partial charge in [0.1, 0.15) is 12.6 Å². The molecule has 0 aromatic heterocycles. The third-order valence-corrected chi connectivity index (χ3v) is 4.27. The summed E-state index contributed by atoms with van der Waals surface area (Å²) in [5, 5.41) is 11.5. The van der Waals surface area contributed by atoms with E-state index in [9.17, 15) is 18.0 Å². The van der Waals surface area contributed by atoms with E-state index in [1.807, 2.05) is 4.72 Å². The fraction of sp³-hybridized carbons (Fsp3) is 0.400. The number of hydrogen-bond acceptors (Lipinski definition) is 6. The summed E-state index contributed by atoms with van der Waals surface area (Å²) in [6.07, 6.45) is -1.05. The van der Waals surface area contributed by atoms with Crippen LogP contribution in [0, 0.1) is 11.3 Å². The number of hydrogen-bond donors (Lipinski definition) is 2. The summed E-state index contributed by atoms with van der Waals surface area (Å²) in [7, 11) is -4.05. The molecule has 0 spiro atoms. The number of nitrogens with one attached hydrogen (secondary N) is 2. The minimum absolute atomic E-state index is 0.0388. The van der Waals surface area contributed by atoms with E-state index < -0.39 is 34.5 Å². The van der Waals surface area contributed by atoms with Crippen molar-refractivity contribution in [2.45, 2.75) is 37.8 Å². The summed E-state index contributed by atoms with van der Waals surface area (Å²) in [5.74, 6) is -1.38. The number of nitrogens with zero attached hydrogens (tertiary/aromatic N) is 1. The van der Waals surface area contributed by atoms with Crippen LogP contribution in [0.5, 0.6) is 0 Å². The lowest BCUT2D eigenvalue weighted by Crippen LogP contribution is -2.41. The second-order valence-corrected chi connectivity index (χ2v) is 6.96. The van der Waals surface area contributed by atoms with Gasteiger partial charge < -0.3 is 10.1 Å². The van der Waals surface area contributed by atoms with Crippen LogP contribution in [0.25, 0.3) is 0 Å². The Labute approximate surface area is 140 Å². The molecule has 8 nitrogen and oxygen atoms in total. The smallest absolute Gasteiger partial charge is 0.321 e. The number of rotatable bonds is 7. The van der Waals surface area contributed by atoms with Crippen LogP contribution >= 0.6 is 0 Å². The Morgan fingerprint density at radius 2 is 1.88 bits per heavy atom. The first-order chi connectivity index (χ1) is 11.2. The molecule has 0 radical (unpaired) electrons. The Bertz CT molecular complexity index is 753. The lowest BCUT2D eigenvalue weighted by molar-refractivity contribution is -0.153. The number of ether oxygens (including phenoxy) is 1. The first kappa shape index (κ1) is 19.6. The maximum atomic E-state index is 12.1. The van der Waals surface area contributed by atoms with Crippen LogP contribution in [0.15, 0.2) is 29.2 Å². The largest absolute Gasteiger partial charge is 0.452 e. The SMILES string of the molecule is CC(C)NC(=O)[C@@H](C)OC(=O)CNS(=O)(=O)c1ccccc1C#N. The molecule has 2 N–H and O–H groups in total. The van der Waals surface area contributed by atoms with Crippen LogP contribution in [0.2, 0.25) is 0 Å². The lowest BCUT2D eigenvalue weighted by atomic mass is 10.2. The second-order valence-electron chi connectivity index (χ2n) is 5.23. The zero-order valence-corrected chi connectivity index (χ0v) is 14.4. The first-order valence-corrected chi connectivity index (χ1v) is 8.64. The number of carbonyl (C=O) groups is 2. The Balaban J connectivity index is 2.67. The van der Waals surface area contributed by atoms with Crippen LogP contribution in [-0.2, 0) is 24.3 Å². The molecule has 1 aromatic carbocycles. The first-order valence-electron chi connectivity index (χ1n) is 7.16. The van der Waals surface area contributed by atoms with Gasteiger partial charge in [0, 0.05) is 6.04 Å². The summed E-state index contributed by atoms with van der Waals surface area (Å²) >= 11 is 0. The van der Waals surface area contributed by atoms with Crippen molar-refractivity contribution < 1.29 is 22.7 Å². The van der Waals surface area contributed by atoms with Gasteiger partial charge >= 0.3 is 5.97 Å². The standard InChI is InChI=1S/C15H19N3O5S/c1-10(2)18-15(20)11(3)23-14(19)9-17-24(21,22)13-7-5-4-6-12(13)8-16/h4-7,10-11,17H,9H2,1-3H3,(H,18,20)/t11-/m1/s1. The van der Waals surface area contributed by atoms with Gasteiger partial charge in [-0.15, -0.1) is 0 Å². The molecule has 1 atom stereocenters. The van der Waals surface area contributed by atoms with Crippen LogP contribution in [0.4, 0.5) is 0 Å². The van der Waals surface area contributed by atoms with Crippen molar-refractivity contribution in [3.63, 3.8) is 0 Å². The maximum absolute atomic E-state index is 12.1. The molecule has 0 saturated carbocycles. The van der Waals surface area contributed by atoms with E-state index >= 15 is 0 Å². The van der Waals surface area contributed by atoms with Crippen LogP contribution in [0.1, 0.15) is 26.3 Å². The minimum Gasteiger partial charge on any atom is -0.452 e. The second kappa shape index (κ2) is 8.42. The van der Waals surface area contributed by atoms with Gasteiger partial charge in [0.15, 0.2) is 6.10 Å². The Kier molecular flexibility index (Phi) is 6.88. The molecule has 0 saturated heterocycles. The molecule has 9 heteroatoms. The third kappa shape index (κ3) is 5.64. The highest BCUT2D eigenvalue weighted by atomic mass is 32.2. The van der Waals surface area contributed by atoms with Crippen LogP contribution in [0.3, 0.4) is 0 Å². The average Bonchev–Trinajstić information content (AvgIpc) is 2.52. The highest BCUT2D eigenvalue weighted by Crippen LogP contribution is 2.13. The molecule has 0 unspecified atom stereocenters. The normalized spacial score (nSPS) is 12.3.